The number of anilines is 1. The molecule has 6 N–H and O–H groups in total. The Bertz CT molecular complexity index is 1450. The van der Waals surface area contributed by atoms with Crippen molar-refractivity contribution in [3.63, 3.8) is 0 Å². The Morgan fingerprint density at radius 2 is 1.76 bits per heavy atom. The van der Waals surface area contributed by atoms with Crippen LogP contribution in [0.25, 0.3) is 5.69 Å². The molecular formula is C27H35F3N4O7S. The number of ether oxygens (including phenoxy) is 1. The molecule has 0 saturated heterocycles. The lowest BCUT2D eigenvalue weighted by Crippen LogP contribution is -2.33. The number of carbonyl (C=O) groups is 3. The quantitative estimate of drug-likeness (QED) is 0.279. The number of amides is 1. The molecule has 2 aromatic rings. The summed E-state index contributed by atoms with van der Waals surface area (Å²) < 4.78 is 74.2. The first-order valence-electron chi connectivity index (χ1n) is 13.2. The number of hydrogen-bond acceptors (Lipinski definition) is 8. The van der Waals surface area contributed by atoms with Gasteiger partial charge in [-0.3, -0.25) is 18.9 Å². The topological polar surface area (TPSA) is 184 Å². The van der Waals surface area contributed by atoms with Crippen molar-refractivity contribution in [3.8, 4) is 5.69 Å². The molecule has 232 valence electrons. The van der Waals surface area contributed by atoms with Gasteiger partial charge in [-0.25, -0.2) is 0 Å². The molecule has 0 bridgehead atoms. The number of primary amides is 1. The Hall–Kier alpha value is -3.43. The minimum absolute atomic E-state index is 0.0315. The molecule has 2 aliphatic rings. The minimum Gasteiger partial charge on any atom is -0.461 e. The van der Waals surface area contributed by atoms with Gasteiger partial charge < -0.3 is 26.1 Å². The molecule has 0 atom stereocenters. The van der Waals surface area contributed by atoms with Crippen molar-refractivity contribution in [1.82, 2.24) is 4.57 Å². The maximum absolute atomic E-state index is 13.9. The molecule has 1 amide bonds. The van der Waals surface area contributed by atoms with Crippen LogP contribution < -0.4 is 16.8 Å². The van der Waals surface area contributed by atoms with Crippen LogP contribution in [0, 0.1) is 5.41 Å². The highest BCUT2D eigenvalue weighted by atomic mass is 32.2. The van der Waals surface area contributed by atoms with Crippen LogP contribution >= 0.6 is 0 Å². The Balaban J connectivity index is 0.000000892. The van der Waals surface area contributed by atoms with Crippen molar-refractivity contribution < 1.29 is 45.3 Å². The van der Waals surface area contributed by atoms with Crippen LogP contribution in [0.4, 0.5) is 18.9 Å². The molecule has 4 rings (SSSR count). The molecule has 0 unspecified atom stereocenters. The normalized spacial score (nSPS) is 20.1. The van der Waals surface area contributed by atoms with Crippen LogP contribution in [0.5, 0.6) is 0 Å². The second-order valence-corrected chi connectivity index (χ2v) is 12.8. The van der Waals surface area contributed by atoms with Crippen molar-refractivity contribution in [2.75, 3.05) is 18.1 Å². The number of rotatable bonds is 6. The summed E-state index contributed by atoms with van der Waals surface area (Å²) in [4.78, 5) is 36.4. The van der Waals surface area contributed by atoms with Crippen molar-refractivity contribution in [1.29, 1.82) is 0 Å². The van der Waals surface area contributed by atoms with Gasteiger partial charge in [0.2, 0.25) is 0 Å². The summed E-state index contributed by atoms with van der Waals surface area (Å²) in [5, 5.41) is 3.30. The van der Waals surface area contributed by atoms with Gasteiger partial charge in [-0.2, -0.15) is 21.6 Å². The Morgan fingerprint density at radius 1 is 1.17 bits per heavy atom. The SMILES string of the molecule is CC1(C)CC(=O)c2c(C(F)(F)F)cn(-c3ccc(C(N)=O)c(N[C@H]4CC[C@H](OC(=O)CN)CC4)c3)c2C1.CS(=O)(=O)O. The monoisotopic (exact) mass is 616 g/mol. The van der Waals surface area contributed by atoms with Crippen molar-refractivity contribution in [3.05, 3.63) is 46.8 Å². The highest BCUT2D eigenvalue weighted by molar-refractivity contribution is 7.85. The average Bonchev–Trinajstić information content (AvgIpc) is 3.23. The highest BCUT2D eigenvalue weighted by Gasteiger charge is 2.43. The second-order valence-electron chi connectivity index (χ2n) is 11.3. The van der Waals surface area contributed by atoms with Crippen molar-refractivity contribution >= 4 is 33.5 Å². The van der Waals surface area contributed by atoms with E-state index in [4.69, 9.17) is 20.8 Å². The Kier molecular flexibility index (Phi) is 9.79. The minimum atomic E-state index is -4.69. The summed E-state index contributed by atoms with van der Waals surface area (Å²) in [6, 6.07) is 4.53. The molecule has 1 heterocycles. The lowest BCUT2D eigenvalue weighted by Gasteiger charge is -2.31. The average molecular weight is 617 g/mol. The summed E-state index contributed by atoms with van der Waals surface area (Å²) in [5.74, 6) is -1.67. The number of nitrogens with two attached hydrogens (primary N) is 2. The van der Waals surface area contributed by atoms with Gasteiger partial charge in [0.25, 0.3) is 16.0 Å². The zero-order valence-corrected chi connectivity index (χ0v) is 24.3. The van der Waals surface area contributed by atoms with E-state index in [2.05, 4.69) is 5.32 Å². The highest BCUT2D eigenvalue weighted by Crippen LogP contribution is 2.43. The fourth-order valence-corrected chi connectivity index (χ4v) is 5.31. The Morgan fingerprint density at radius 3 is 2.29 bits per heavy atom. The van der Waals surface area contributed by atoms with E-state index in [1.807, 2.05) is 13.8 Å². The van der Waals surface area contributed by atoms with Gasteiger partial charge in [-0.1, -0.05) is 13.8 Å². The standard InChI is InChI=1S/C26H31F3N4O4.CH4O3S/c1-25(2)10-20-23(21(34)11-25)18(26(27,28)29)13-33(20)15-5-8-17(24(31)36)19(9-15)32-14-3-6-16(7-4-14)37-22(35)12-30;1-5(2,3)4/h5,8-9,13-14,16,32H,3-4,6-7,10-12,30H2,1-2H3,(H2,31,36);1H3,(H,2,3,4)/t14-,16-;. The first kappa shape index (κ1) is 33.1. The molecule has 2 aliphatic carbocycles. The number of esters is 1. The first-order valence-corrected chi connectivity index (χ1v) is 15.0. The van der Waals surface area contributed by atoms with Crippen molar-refractivity contribution in [2.24, 2.45) is 16.9 Å². The van der Waals surface area contributed by atoms with Crippen LogP contribution in [0.2, 0.25) is 0 Å². The van der Waals surface area contributed by atoms with Crippen LogP contribution in [0.3, 0.4) is 0 Å². The van der Waals surface area contributed by atoms with Gasteiger partial charge in [-0.05, 0) is 55.7 Å². The van der Waals surface area contributed by atoms with Crippen LogP contribution in [-0.4, -0.2) is 60.1 Å². The van der Waals surface area contributed by atoms with E-state index in [1.54, 1.807) is 6.07 Å². The number of nitrogens with zero attached hydrogens (tertiary/aromatic N) is 1. The second kappa shape index (κ2) is 12.4. The smallest absolute Gasteiger partial charge is 0.418 e. The number of halogens is 3. The van der Waals surface area contributed by atoms with E-state index in [1.165, 1.54) is 16.7 Å². The summed E-state index contributed by atoms with van der Waals surface area (Å²) in [6.45, 7) is 3.51. The third kappa shape index (κ3) is 8.55. The maximum atomic E-state index is 13.9. The molecule has 0 radical (unpaired) electrons. The maximum Gasteiger partial charge on any atom is 0.418 e. The van der Waals surface area contributed by atoms with Crippen molar-refractivity contribution in [2.45, 2.75) is 70.7 Å². The number of nitrogens with one attached hydrogen (secondary N) is 1. The summed E-state index contributed by atoms with van der Waals surface area (Å²) in [5.41, 5.74) is 10.4. The number of aromatic nitrogens is 1. The van der Waals surface area contributed by atoms with E-state index >= 15 is 0 Å². The molecule has 0 aliphatic heterocycles. The lowest BCUT2D eigenvalue weighted by atomic mass is 9.75. The predicted molar refractivity (Wildman–Crippen MR) is 148 cm³/mol. The number of hydrogen-bond donors (Lipinski definition) is 4. The van der Waals surface area contributed by atoms with Gasteiger partial charge in [0.05, 0.1) is 29.5 Å². The lowest BCUT2D eigenvalue weighted by molar-refractivity contribution is -0.148. The third-order valence-electron chi connectivity index (χ3n) is 7.02. The molecule has 15 heteroatoms. The molecule has 1 saturated carbocycles. The number of alkyl halides is 3. The summed E-state index contributed by atoms with van der Waals surface area (Å²) in [7, 11) is -3.67. The molecule has 11 nitrogen and oxygen atoms in total. The van der Waals surface area contributed by atoms with E-state index in [0.717, 1.165) is 6.20 Å². The van der Waals surface area contributed by atoms with E-state index in [0.29, 0.717) is 49.0 Å². The number of fused-ring (bicyclic) bond motifs is 1. The molecule has 1 aromatic heterocycles. The summed E-state index contributed by atoms with van der Waals surface area (Å²) >= 11 is 0. The third-order valence-corrected chi connectivity index (χ3v) is 7.02. The molecule has 1 aromatic carbocycles. The van der Waals surface area contributed by atoms with E-state index < -0.39 is 44.9 Å². The fraction of sp³-hybridized carbons (Fsp3) is 0.519. The molecule has 42 heavy (non-hydrogen) atoms. The molecular weight excluding hydrogens is 581 g/mol. The summed E-state index contributed by atoms with van der Waals surface area (Å²) in [6.07, 6.45) is -0.429. The fourth-order valence-electron chi connectivity index (χ4n) is 5.31. The molecule has 1 fully saturated rings. The predicted octanol–water partition coefficient (Wildman–Crippen LogP) is 3.48. The Labute approximate surface area is 241 Å². The molecule has 0 spiro atoms. The zero-order valence-electron chi connectivity index (χ0n) is 23.5. The number of benzene rings is 1. The van der Waals surface area contributed by atoms with E-state index in [-0.39, 0.29) is 42.7 Å². The van der Waals surface area contributed by atoms with Gasteiger partial charge >= 0.3 is 12.1 Å². The van der Waals surface area contributed by atoms with Gasteiger partial charge in [-0.15, -0.1) is 0 Å². The number of carbonyl (C=O) groups excluding carboxylic acids is 3. The van der Waals surface area contributed by atoms with Gasteiger partial charge in [0, 0.05) is 35.7 Å². The van der Waals surface area contributed by atoms with Gasteiger partial charge in [0.1, 0.15) is 6.10 Å². The largest absolute Gasteiger partial charge is 0.461 e. The van der Waals surface area contributed by atoms with Crippen LogP contribution in [-0.2, 0) is 32.2 Å². The first-order chi connectivity index (χ1) is 19.3. The van der Waals surface area contributed by atoms with Gasteiger partial charge in [0.15, 0.2) is 5.78 Å². The number of ketones is 1. The number of Topliss-reactive ketones (excluding diaryl/α,β-unsaturated/α-hetero) is 1. The van der Waals surface area contributed by atoms with Crippen LogP contribution in [0.15, 0.2) is 24.4 Å². The van der Waals surface area contributed by atoms with Crippen LogP contribution in [0.1, 0.15) is 77.9 Å². The van der Waals surface area contributed by atoms with E-state index in [9.17, 15) is 36.0 Å². The zero-order chi connectivity index (χ0) is 31.6.